The first-order chi connectivity index (χ1) is 8.29. The average Bonchev–Trinajstić information content (AvgIpc) is 2.53. The Labute approximate surface area is 128 Å². The number of hydrogen-bond donors (Lipinski definition) is 2. The van der Waals surface area contributed by atoms with Gasteiger partial charge in [-0.15, -0.1) is 24.8 Å². The van der Waals surface area contributed by atoms with Gasteiger partial charge >= 0.3 is 0 Å². The summed E-state index contributed by atoms with van der Waals surface area (Å²) in [6.45, 7) is 3.55. The summed E-state index contributed by atoms with van der Waals surface area (Å²) in [4.78, 5) is 2.36. The van der Waals surface area contributed by atoms with Gasteiger partial charge in [0.1, 0.15) is 0 Å². The predicted octanol–water partition coefficient (Wildman–Crippen LogP) is 1.51. The molecule has 3 nitrogen and oxygen atoms in total. The molecular weight excluding hydrogens is 283 g/mol. The first-order valence-electron chi connectivity index (χ1n) is 6.41. The van der Waals surface area contributed by atoms with Gasteiger partial charge in [0.25, 0.3) is 0 Å². The largest absolute Gasteiger partial charge is 0.390 e. The van der Waals surface area contributed by atoms with E-state index < -0.39 is 0 Å². The number of fused-ring (bicyclic) bond motifs is 1. The maximum absolute atomic E-state index is 9.81. The van der Waals surface area contributed by atoms with Crippen LogP contribution < -0.4 is 5.32 Å². The fourth-order valence-electron chi connectivity index (χ4n) is 2.50. The van der Waals surface area contributed by atoms with E-state index in [0.29, 0.717) is 6.54 Å². The van der Waals surface area contributed by atoms with Crippen molar-refractivity contribution in [2.24, 2.45) is 0 Å². The Balaban J connectivity index is 0.00000162. The first kappa shape index (κ1) is 18.7. The normalized spacial score (nSPS) is 16.5. The highest BCUT2D eigenvalue weighted by molar-refractivity contribution is 5.85. The van der Waals surface area contributed by atoms with E-state index in [1.165, 1.54) is 11.1 Å². The molecule has 5 heteroatoms. The lowest BCUT2D eigenvalue weighted by Gasteiger charge is -2.22. The van der Waals surface area contributed by atoms with Crippen LogP contribution in [0.5, 0.6) is 0 Å². The molecule has 2 rings (SSSR count). The zero-order valence-electron chi connectivity index (χ0n) is 11.3. The molecule has 2 N–H and O–H groups in total. The molecule has 0 fully saturated rings. The minimum atomic E-state index is -0.263. The maximum Gasteiger partial charge on any atom is 0.0791 e. The van der Waals surface area contributed by atoms with Crippen LogP contribution in [0.3, 0.4) is 0 Å². The van der Waals surface area contributed by atoms with E-state index in [9.17, 15) is 5.11 Å². The molecule has 1 aromatic rings. The number of likely N-dealkylation sites (N-methyl/N-ethyl adjacent to an activating group) is 1. The van der Waals surface area contributed by atoms with E-state index in [2.05, 4.69) is 34.5 Å². The zero-order chi connectivity index (χ0) is 12.1. The van der Waals surface area contributed by atoms with Crippen molar-refractivity contribution in [1.82, 2.24) is 10.2 Å². The predicted molar refractivity (Wildman–Crippen MR) is 84.7 cm³/mol. The third-order valence-corrected chi connectivity index (χ3v) is 3.42. The van der Waals surface area contributed by atoms with Crippen LogP contribution in [0.15, 0.2) is 24.3 Å². The van der Waals surface area contributed by atoms with E-state index in [-0.39, 0.29) is 30.9 Å². The van der Waals surface area contributed by atoms with E-state index in [0.717, 1.165) is 32.5 Å². The van der Waals surface area contributed by atoms with Gasteiger partial charge in [0.2, 0.25) is 0 Å². The Morgan fingerprint density at radius 1 is 1.16 bits per heavy atom. The van der Waals surface area contributed by atoms with Gasteiger partial charge in [-0.3, -0.25) is 0 Å². The number of nitrogens with zero attached hydrogens (tertiary/aromatic N) is 1. The molecule has 110 valence electrons. The van der Waals surface area contributed by atoms with Crippen molar-refractivity contribution in [3.05, 3.63) is 35.4 Å². The van der Waals surface area contributed by atoms with Crippen LogP contribution in [0.25, 0.3) is 0 Å². The summed E-state index contributed by atoms with van der Waals surface area (Å²) < 4.78 is 0. The quantitative estimate of drug-likeness (QED) is 0.885. The molecule has 0 aliphatic carbocycles. The Bertz CT molecular complexity index is 336. The van der Waals surface area contributed by atoms with Gasteiger partial charge in [-0.25, -0.2) is 0 Å². The number of rotatable bonds is 4. The Morgan fingerprint density at radius 2 is 1.68 bits per heavy atom. The monoisotopic (exact) mass is 306 g/mol. The SMILES string of the molecule is CNCC(O)CN1CCc2ccccc2CC1.Cl.Cl. The van der Waals surface area contributed by atoms with Crippen molar-refractivity contribution in [3.63, 3.8) is 0 Å². The second kappa shape index (κ2) is 9.56. The van der Waals surface area contributed by atoms with Crippen molar-refractivity contribution in [2.45, 2.75) is 18.9 Å². The fraction of sp³-hybridized carbons (Fsp3) is 0.571. The summed E-state index contributed by atoms with van der Waals surface area (Å²) in [7, 11) is 1.88. The molecule has 0 saturated carbocycles. The van der Waals surface area contributed by atoms with Crippen molar-refractivity contribution < 1.29 is 5.11 Å². The third-order valence-electron chi connectivity index (χ3n) is 3.42. The van der Waals surface area contributed by atoms with Crippen LogP contribution >= 0.6 is 24.8 Å². The molecule has 0 saturated heterocycles. The van der Waals surface area contributed by atoms with Crippen molar-refractivity contribution in [3.8, 4) is 0 Å². The molecule has 1 aliphatic heterocycles. The summed E-state index contributed by atoms with van der Waals surface area (Å²) in [6.07, 6.45) is 1.94. The summed E-state index contributed by atoms with van der Waals surface area (Å²) >= 11 is 0. The summed E-state index contributed by atoms with van der Waals surface area (Å²) in [5.74, 6) is 0. The van der Waals surface area contributed by atoms with Crippen LogP contribution in [0.1, 0.15) is 11.1 Å². The smallest absolute Gasteiger partial charge is 0.0791 e. The summed E-state index contributed by atoms with van der Waals surface area (Å²) in [5.41, 5.74) is 2.94. The molecule has 1 heterocycles. The molecule has 0 spiro atoms. The summed E-state index contributed by atoms with van der Waals surface area (Å²) in [5, 5.41) is 12.8. The van der Waals surface area contributed by atoms with Crippen LogP contribution in [-0.2, 0) is 12.8 Å². The molecule has 0 radical (unpaired) electrons. The van der Waals surface area contributed by atoms with Crippen LogP contribution in [0.4, 0.5) is 0 Å². The minimum absolute atomic E-state index is 0. The lowest BCUT2D eigenvalue weighted by molar-refractivity contribution is 0.115. The average molecular weight is 307 g/mol. The highest BCUT2D eigenvalue weighted by Crippen LogP contribution is 2.15. The topological polar surface area (TPSA) is 35.5 Å². The van der Waals surface area contributed by atoms with Gasteiger partial charge in [0.05, 0.1) is 6.10 Å². The van der Waals surface area contributed by atoms with Gasteiger partial charge in [-0.05, 0) is 31.0 Å². The van der Waals surface area contributed by atoms with Crippen LogP contribution in [-0.4, -0.2) is 49.3 Å². The Morgan fingerprint density at radius 3 is 2.16 bits per heavy atom. The van der Waals surface area contributed by atoms with E-state index in [1.54, 1.807) is 0 Å². The van der Waals surface area contributed by atoms with E-state index in [4.69, 9.17) is 0 Å². The second-order valence-electron chi connectivity index (χ2n) is 4.78. The Kier molecular flexibility index (Phi) is 9.40. The van der Waals surface area contributed by atoms with Crippen LogP contribution in [0.2, 0.25) is 0 Å². The highest BCUT2D eigenvalue weighted by Gasteiger charge is 2.15. The maximum atomic E-state index is 9.81. The molecule has 0 aromatic heterocycles. The number of halogens is 2. The number of β-amino-alcohol motifs (C(OH)–C–C–N with tert-alkyl or cyclic N) is 1. The van der Waals surface area contributed by atoms with Gasteiger partial charge in [0, 0.05) is 26.2 Å². The van der Waals surface area contributed by atoms with Crippen molar-refractivity contribution in [1.29, 1.82) is 0 Å². The molecule has 1 unspecified atom stereocenters. The highest BCUT2D eigenvalue weighted by atomic mass is 35.5. The van der Waals surface area contributed by atoms with Crippen LogP contribution in [0, 0.1) is 0 Å². The lowest BCUT2D eigenvalue weighted by Crippen LogP contribution is -2.38. The van der Waals surface area contributed by atoms with Crippen molar-refractivity contribution >= 4 is 24.8 Å². The van der Waals surface area contributed by atoms with Crippen molar-refractivity contribution in [2.75, 3.05) is 33.2 Å². The van der Waals surface area contributed by atoms with E-state index in [1.807, 2.05) is 7.05 Å². The molecule has 0 bridgehead atoms. The molecule has 19 heavy (non-hydrogen) atoms. The number of aliphatic hydroxyl groups is 1. The van der Waals surface area contributed by atoms with Gasteiger partial charge < -0.3 is 15.3 Å². The van der Waals surface area contributed by atoms with E-state index >= 15 is 0 Å². The molecule has 1 atom stereocenters. The number of nitrogens with one attached hydrogen (secondary N) is 1. The first-order valence-corrected chi connectivity index (χ1v) is 6.41. The van der Waals surface area contributed by atoms with Gasteiger partial charge in [0.15, 0.2) is 0 Å². The fourth-order valence-corrected chi connectivity index (χ4v) is 2.50. The van der Waals surface area contributed by atoms with Gasteiger partial charge in [-0.1, -0.05) is 24.3 Å². The summed E-state index contributed by atoms with van der Waals surface area (Å²) in [6, 6.07) is 8.68. The molecular formula is C14H24Cl2N2O. The molecule has 1 aromatic carbocycles. The standard InChI is InChI=1S/C14H22N2O.2ClH/c1-15-10-14(17)11-16-8-6-12-4-2-3-5-13(12)7-9-16;;/h2-5,14-15,17H,6-11H2,1H3;2*1H. The second-order valence-corrected chi connectivity index (χ2v) is 4.78. The molecule has 0 amide bonds. The number of benzene rings is 1. The Hall–Kier alpha value is -0.320. The number of hydrogen-bond acceptors (Lipinski definition) is 3. The number of aliphatic hydroxyl groups excluding tert-OH is 1. The molecule has 1 aliphatic rings. The zero-order valence-corrected chi connectivity index (χ0v) is 13.0. The minimum Gasteiger partial charge on any atom is -0.390 e. The van der Waals surface area contributed by atoms with Gasteiger partial charge in [-0.2, -0.15) is 0 Å². The third kappa shape index (κ3) is 5.67. The lowest BCUT2D eigenvalue weighted by atomic mass is 10.0.